The number of alkyl halides is 3. The molecule has 0 radical (unpaired) electrons. The fourth-order valence-corrected chi connectivity index (χ4v) is 8.55. The number of ether oxygens (including phenoxy) is 1. The topological polar surface area (TPSA) is 154 Å². The van der Waals surface area contributed by atoms with Crippen molar-refractivity contribution in [3.63, 3.8) is 0 Å². The van der Waals surface area contributed by atoms with E-state index in [1.165, 1.54) is 0 Å². The third-order valence-corrected chi connectivity index (χ3v) is 10.6. The summed E-state index contributed by atoms with van der Waals surface area (Å²) >= 11 is 0. The molecule has 2 heterocycles. The van der Waals surface area contributed by atoms with Crippen LogP contribution in [0.4, 0.5) is 18.9 Å². The highest BCUT2D eigenvalue weighted by molar-refractivity contribution is 6.13. The zero-order valence-corrected chi connectivity index (χ0v) is 27.1. The number of rotatable bonds is 8. The number of benzene rings is 3. The van der Waals surface area contributed by atoms with Crippen LogP contribution in [0.2, 0.25) is 0 Å². The molecule has 0 unspecified atom stereocenters. The number of aryl methyl sites for hydroxylation is 1. The molecular formula is C37H32F3N3O8. The monoisotopic (exact) mass is 703 g/mol. The van der Waals surface area contributed by atoms with Crippen LogP contribution in [0, 0.1) is 30.6 Å². The Kier molecular flexibility index (Phi) is 8.15. The van der Waals surface area contributed by atoms with Gasteiger partial charge in [-0.05, 0) is 61.6 Å². The van der Waals surface area contributed by atoms with Gasteiger partial charge in [0.05, 0.1) is 35.3 Å². The Balaban J connectivity index is 1.44. The molecule has 1 saturated carbocycles. The highest BCUT2D eigenvalue weighted by atomic mass is 19.4. The number of hydrogen-bond acceptors (Lipinski definition) is 8. The molecule has 2 saturated heterocycles. The van der Waals surface area contributed by atoms with Crippen molar-refractivity contribution in [2.45, 2.75) is 43.9 Å². The molecule has 2 aliphatic carbocycles. The average molecular weight is 704 g/mol. The predicted molar refractivity (Wildman–Crippen MR) is 173 cm³/mol. The lowest BCUT2D eigenvalue weighted by Gasteiger charge is -2.50. The first-order valence-electron chi connectivity index (χ1n) is 16.3. The molecule has 51 heavy (non-hydrogen) atoms. The molecule has 0 aromatic heterocycles. The number of carboxylic acid groups (broad SMARTS) is 1. The Bertz CT molecular complexity index is 1980. The number of hydrogen-bond donors (Lipinski definition) is 3. The van der Waals surface area contributed by atoms with Crippen LogP contribution < -0.4 is 10.2 Å². The Morgan fingerprint density at radius 2 is 1.67 bits per heavy atom. The highest BCUT2D eigenvalue weighted by Gasteiger charge is 2.70. The maximum absolute atomic E-state index is 15.1. The molecule has 0 bridgehead atoms. The quantitative estimate of drug-likeness (QED) is 0.216. The number of carboxylic acids is 1. The molecule has 7 rings (SSSR count). The first-order valence-corrected chi connectivity index (χ1v) is 16.3. The van der Waals surface area contributed by atoms with E-state index in [0.29, 0.717) is 16.8 Å². The minimum absolute atomic E-state index is 0.00362. The summed E-state index contributed by atoms with van der Waals surface area (Å²) in [6.07, 6.45) is -3.99. The number of anilines is 1. The molecule has 4 aliphatic rings. The zero-order valence-electron chi connectivity index (χ0n) is 27.1. The van der Waals surface area contributed by atoms with Crippen LogP contribution in [0.5, 0.6) is 11.5 Å². The van der Waals surface area contributed by atoms with Gasteiger partial charge in [0.1, 0.15) is 11.5 Å². The van der Waals surface area contributed by atoms with Gasteiger partial charge in [-0.2, -0.15) is 5.01 Å². The average Bonchev–Trinajstić information content (AvgIpc) is 3.46. The van der Waals surface area contributed by atoms with E-state index in [2.05, 4.69) is 10.2 Å². The molecule has 2 aliphatic heterocycles. The number of nitrogens with zero attached hydrogens (tertiary/aromatic N) is 2. The first-order chi connectivity index (χ1) is 24.2. The summed E-state index contributed by atoms with van der Waals surface area (Å²) in [5.41, 5.74) is 3.02. The second-order valence-electron chi connectivity index (χ2n) is 13.3. The molecule has 6 atom stereocenters. The van der Waals surface area contributed by atoms with Gasteiger partial charge >= 0.3 is 12.3 Å². The van der Waals surface area contributed by atoms with Crippen LogP contribution in [0.25, 0.3) is 0 Å². The summed E-state index contributed by atoms with van der Waals surface area (Å²) in [6, 6.07) is 18.1. The van der Waals surface area contributed by atoms with Crippen molar-refractivity contribution in [2.75, 3.05) is 12.0 Å². The van der Waals surface area contributed by atoms with Crippen molar-refractivity contribution in [1.29, 1.82) is 0 Å². The molecule has 4 amide bonds. The number of nitrogens with one attached hydrogen (secondary N) is 1. The lowest BCUT2D eigenvalue weighted by atomic mass is 9.49. The Hall–Kier alpha value is -5.66. The number of imide groups is 2. The normalized spacial score (nSPS) is 27.1. The van der Waals surface area contributed by atoms with Gasteiger partial charge in [0.25, 0.3) is 11.8 Å². The van der Waals surface area contributed by atoms with E-state index < -0.39 is 88.9 Å². The summed E-state index contributed by atoms with van der Waals surface area (Å²) in [6.45, 7) is 1.51. The number of carbonyl (C=O) groups excluding carboxylic acids is 4. The SMILES string of the molecule is Cc1ccc(NN2C(=O)[C@@H]3C[C@@H]4C(=CC[C@@H]5C(=O)N(CCC(=O)O)C(=O)[C@@H]54)[C@H](c4cc(OC(F)(F)F)ccc4O)[C@]3(c3ccccc3)C2=O)cc1. The molecule has 264 valence electrons. The third kappa shape index (κ3) is 5.49. The van der Waals surface area contributed by atoms with E-state index in [9.17, 15) is 42.6 Å². The number of carbonyl (C=O) groups is 5. The maximum Gasteiger partial charge on any atom is 0.573 e. The first kappa shape index (κ1) is 33.8. The van der Waals surface area contributed by atoms with Gasteiger partial charge in [0, 0.05) is 18.0 Å². The van der Waals surface area contributed by atoms with Crippen molar-refractivity contribution in [2.24, 2.45) is 23.7 Å². The molecule has 11 nitrogen and oxygen atoms in total. The van der Waals surface area contributed by atoms with Crippen LogP contribution in [0.1, 0.15) is 41.9 Å². The molecule has 0 spiro atoms. The molecule has 3 N–H and O–H groups in total. The van der Waals surface area contributed by atoms with Gasteiger partial charge in [-0.25, -0.2) is 0 Å². The largest absolute Gasteiger partial charge is 0.573 e. The second kappa shape index (κ2) is 12.3. The van der Waals surface area contributed by atoms with Crippen LogP contribution in [-0.4, -0.2) is 62.6 Å². The van der Waals surface area contributed by atoms with Gasteiger partial charge in [-0.1, -0.05) is 59.7 Å². The second-order valence-corrected chi connectivity index (χ2v) is 13.3. The van der Waals surface area contributed by atoms with E-state index in [4.69, 9.17) is 0 Å². The lowest BCUT2D eigenvalue weighted by Crippen LogP contribution is -2.53. The molecule has 14 heteroatoms. The predicted octanol–water partition coefficient (Wildman–Crippen LogP) is 5.06. The minimum Gasteiger partial charge on any atom is -0.508 e. The van der Waals surface area contributed by atoms with E-state index in [-0.39, 0.29) is 24.9 Å². The lowest BCUT2D eigenvalue weighted by molar-refractivity contribution is -0.274. The van der Waals surface area contributed by atoms with Gasteiger partial charge in [0.15, 0.2) is 0 Å². The number of hydrazine groups is 1. The molecule has 3 aromatic rings. The van der Waals surface area contributed by atoms with E-state index >= 15 is 4.79 Å². The van der Waals surface area contributed by atoms with Gasteiger partial charge < -0.3 is 14.9 Å². The van der Waals surface area contributed by atoms with Crippen LogP contribution in [0.3, 0.4) is 0 Å². The van der Waals surface area contributed by atoms with E-state index in [1.54, 1.807) is 60.7 Å². The zero-order chi connectivity index (χ0) is 36.4. The summed E-state index contributed by atoms with van der Waals surface area (Å²) in [7, 11) is 0. The van der Waals surface area contributed by atoms with Crippen molar-refractivity contribution in [1.82, 2.24) is 9.91 Å². The summed E-state index contributed by atoms with van der Waals surface area (Å²) in [5.74, 6) is -10.3. The number of fused-ring (bicyclic) bond motifs is 4. The van der Waals surface area contributed by atoms with Crippen LogP contribution >= 0.6 is 0 Å². The Morgan fingerprint density at radius 3 is 2.33 bits per heavy atom. The van der Waals surface area contributed by atoms with Gasteiger partial charge in [-0.15, -0.1) is 13.2 Å². The molecule has 3 fully saturated rings. The number of aliphatic carboxylic acids is 1. The standard InChI is InChI=1S/C37H32F3N3O8/c1-19-7-9-21(10-8-19)41-43-33(48)27-18-25-23(12-13-24-30(25)34(49)42(32(24)47)16-15-29(45)46)31(36(27,35(43)50)20-5-3-2-4-6-20)26-17-22(11-14-28(26)44)51-37(38,39)40/h2-12,14,17,24-25,27,30-31,41,44H,13,15-16,18H2,1H3,(H,45,46)/t24-,25+,27-,30-,31+,36+/m0/s1. The van der Waals surface area contributed by atoms with Crippen molar-refractivity contribution in [3.05, 3.63) is 101 Å². The Labute approximate surface area is 289 Å². The van der Waals surface area contributed by atoms with Crippen LogP contribution in [0.15, 0.2) is 84.4 Å². The number of phenols is 1. The summed E-state index contributed by atoms with van der Waals surface area (Å²) < 4.78 is 44.7. The molecule has 3 aromatic carbocycles. The number of phenolic OH excluding ortho intramolecular Hbond substituents is 1. The number of allylic oxidation sites excluding steroid dienone is 2. The number of halogens is 3. The minimum atomic E-state index is -5.09. The van der Waals surface area contributed by atoms with Crippen molar-refractivity contribution < 1.29 is 52.1 Å². The summed E-state index contributed by atoms with van der Waals surface area (Å²) in [4.78, 5) is 69.5. The smallest absolute Gasteiger partial charge is 0.508 e. The van der Waals surface area contributed by atoms with Crippen molar-refractivity contribution >= 4 is 35.3 Å². The van der Waals surface area contributed by atoms with E-state index in [0.717, 1.165) is 33.7 Å². The fourth-order valence-electron chi connectivity index (χ4n) is 8.55. The van der Waals surface area contributed by atoms with Gasteiger partial charge in [-0.3, -0.25) is 34.3 Å². The van der Waals surface area contributed by atoms with Gasteiger partial charge in [0.2, 0.25) is 11.8 Å². The maximum atomic E-state index is 15.1. The number of likely N-dealkylation sites (tertiary alicyclic amines) is 1. The third-order valence-electron chi connectivity index (χ3n) is 10.6. The number of amides is 4. The molecular weight excluding hydrogens is 671 g/mol. The summed E-state index contributed by atoms with van der Waals surface area (Å²) in [5, 5.41) is 21.6. The van der Waals surface area contributed by atoms with Crippen LogP contribution in [-0.2, 0) is 29.4 Å². The Morgan fingerprint density at radius 1 is 0.961 bits per heavy atom. The van der Waals surface area contributed by atoms with Crippen molar-refractivity contribution in [3.8, 4) is 11.5 Å². The number of aromatic hydroxyl groups is 1. The highest BCUT2D eigenvalue weighted by Crippen LogP contribution is 2.65. The van der Waals surface area contributed by atoms with E-state index in [1.807, 2.05) is 6.92 Å². The fraction of sp³-hybridized carbons (Fsp3) is 0.324.